The Balaban J connectivity index is 2.72. The molecule has 0 atom stereocenters. The zero-order chi connectivity index (χ0) is 11.3. The van der Waals surface area contributed by atoms with Gasteiger partial charge in [0, 0.05) is 0 Å². The van der Waals surface area contributed by atoms with E-state index in [1.54, 1.807) is 0 Å². The van der Waals surface area contributed by atoms with Crippen LogP contribution in [-0.4, -0.2) is 12.6 Å². The Morgan fingerprint density at radius 1 is 1.13 bits per heavy atom. The summed E-state index contributed by atoms with van der Waals surface area (Å²) < 4.78 is 39.0. The summed E-state index contributed by atoms with van der Waals surface area (Å²) in [5.74, 6) is -0.286. The van der Waals surface area contributed by atoms with E-state index < -0.39 is 6.36 Å². The Kier molecular flexibility index (Phi) is 3.49. The molecule has 80 valence electrons. The number of hydrogen-bond donors (Lipinski definition) is 0. The monoisotopic (exact) mass is 216 g/mol. The third kappa shape index (κ3) is 4.30. The minimum Gasteiger partial charge on any atom is -0.406 e. The topological polar surface area (TPSA) is 26.3 Å². The lowest BCUT2D eigenvalue weighted by molar-refractivity contribution is -0.274. The highest BCUT2D eigenvalue weighted by atomic mass is 19.4. The Morgan fingerprint density at radius 2 is 1.73 bits per heavy atom. The minimum atomic E-state index is -4.68. The molecule has 0 bridgehead atoms. The first-order valence-corrected chi connectivity index (χ1v) is 3.99. The molecule has 0 amide bonds. The Bertz CT molecular complexity index is 352. The van der Waals surface area contributed by atoms with E-state index in [1.165, 1.54) is 36.4 Å². The maximum atomic E-state index is 11.8. The second-order valence-electron chi connectivity index (χ2n) is 2.61. The van der Waals surface area contributed by atoms with Gasteiger partial charge in [0.2, 0.25) is 0 Å². The SMILES string of the molecule is O=C/C=C\c1ccc(OC(F)(F)F)cc1. The van der Waals surface area contributed by atoms with E-state index in [0.29, 0.717) is 11.8 Å². The first kappa shape index (κ1) is 11.3. The van der Waals surface area contributed by atoms with Gasteiger partial charge in [0.1, 0.15) is 12.0 Å². The largest absolute Gasteiger partial charge is 0.573 e. The van der Waals surface area contributed by atoms with Crippen molar-refractivity contribution in [3.05, 3.63) is 35.9 Å². The summed E-state index contributed by atoms with van der Waals surface area (Å²) in [5, 5.41) is 0. The summed E-state index contributed by atoms with van der Waals surface area (Å²) in [6.45, 7) is 0. The maximum Gasteiger partial charge on any atom is 0.573 e. The number of carbonyl (C=O) groups is 1. The van der Waals surface area contributed by atoms with E-state index in [4.69, 9.17) is 0 Å². The van der Waals surface area contributed by atoms with E-state index in [-0.39, 0.29) is 5.75 Å². The number of alkyl halides is 3. The van der Waals surface area contributed by atoms with Crippen molar-refractivity contribution < 1.29 is 22.7 Å². The van der Waals surface area contributed by atoms with Crippen LogP contribution in [0.4, 0.5) is 13.2 Å². The van der Waals surface area contributed by atoms with Crippen LogP contribution in [0.25, 0.3) is 6.08 Å². The van der Waals surface area contributed by atoms with Crippen LogP contribution >= 0.6 is 0 Å². The van der Waals surface area contributed by atoms with Gasteiger partial charge in [-0.3, -0.25) is 4.79 Å². The fraction of sp³-hybridized carbons (Fsp3) is 0.100. The number of rotatable bonds is 3. The predicted molar refractivity (Wildman–Crippen MR) is 48.2 cm³/mol. The average Bonchev–Trinajstić information content (AvgIpc) is 2.14. The Hall–Kier alpha value is -1.78. The van der Waals surface area contributed by atoms with Crippen molar-refractivity contribution in [2.75, 3.05) is 0 Å². The number of hydrogen-bond acceptors (Lipinski definition) is 2. The van der Waals surface area contributed by atoms with Gasteiger partial charge in [-0.05, 0) is 23.8 Å². The first-order chi connectivity index (χ1) is 7.01. The molecule has 15 heavy (non-hydrogen) atoms. The van der Waals surface area contributed by atoms with Gasteiger partial charge in [-0.1, -0.05) is 18.2 Å². The first-order valence-electron chi connectivity index (χ1n) is 3.99. The molecule has 0 aliphatic heterocycles. The van der Waals surface area contributed by atoms with Crippen LogP contribution in [0.2, 0.25) is 0 Å². The summed E-state index contributed by atoms with van der Waals surface area (Å²) in [4.78, 5) is 9.97. The molecule has 0 heterocycles. The smallest absolute Gasteiger partial charge is 0.406 e. The van der Waals surface area contributed by atoms with Gasteiger partial charge in [0.05, 0.1) is 0 Å². The molecule has 0 fully saturated rings. The molecule has 1 rings (SSSR count). The van der Waals surface area contributed by atoms with Gasteiger partial charge in [0.15, 0.2) is 0 Å². The predicted octanol–water partition coefficient (Wildman–Crippen LogP) is 2.80. The third-order valence-electron chi connectivity index (χ3n) is 1.48. The summed E-state index contributed by atoms with van der Waals surface area (Å²) in [6, 6.07) is 5.19. The number of carbonyl (C=O) groups excluding carboxylic acids is 1. The van der Waals surface area contributed by atoms with Gasteiger partial charge >= 0.3 is 6.36 Å². The second-order valence-corrected chi connectivity index (χ2v) is 2.61. The van der Waals surface area contributed by atoms with Gasteiger partial charge in [-0.15, -0.1) is 13.2 Å². The van der Waals surface area contributed by atoms with Crippen LogP contribution in [0.5, 0.6) is 5.75 Å². The molecular weight excluding hydrogens is 209 g/mol. The lowest BCUT2D eigenvalue weighted by Gasteiger charge is -2.08. The summed E-state index contributed by atoms with van der Waals surface area (Å²) in [7, 11) is 0. The molecule has 0 N–H and O–H groups in total. The lowest BCUT2D eigenvalue weighted by atomic mass is 10.2. The normalized spacial score (nSPS) is 11.7. The third-order valence-corrected chi connectivity index (χ3v) is 1.48. The molecule has 0 spiro atoms. The molecule has 1 aromatic rings. The van der Waals surface area contributed by atoms with Crippen LogP contribution in [0.15, 0.2) is 30.3 Å². The number of halogens is 3. The molecular formula is C10H7F3O2. The van der Waals surface area contributed by atoms with Crippen molar-refractivity contribution >= 4 is 12.4 Å². The number of benzene rings is 1. The van der Waals surface area contributed by atoms with Crippen LogP contribution < -0.4 is 4.74 Å². The summed E-state index contributed by atoms with van der Waals surface area (Å²) in [6.07, 6.45) is -1.37. The standard InChI is InChI=1S/C10H7F3O2/c11-10(12,13)15-9-5-3-8(4-6-9)2-1-7-14/h1-7H/b2-1-. The Labute approximate surface area is 84.0 Å². The van der Waals surface area contributed by atoms with E-state index in [0.717, 1.165) is 0 Å². The van der Waals surface area contributed by atoms with Crippen LogP contribution in [0.1, 0.15) is 5.56 Å². The van der Waals surface area contributed by atoms with Crippen LogP contribution in [-0.2, 0) is 4.79 Å². The number of ether oxygens (including phenoxy) is 1. The van der Waals surface area contributed by atoms with Crippen molar-refractivity contribution in [3.63, 3.8) is 0 Å². The lowest BCUT2D eigenvalue weighted by Crippen LogP contribution is -2.16. The van der Waals surface area contributed by atoms with Gasteiger partial charge < -0.3 is 4.74 Å². The molecule has 2 nitrogen and oxygen atoms in total. The minimum absolute atomic E-state index is 0.286. The second kappa shape index (κ2) is 4.63. The van der Waals surface area contributed by atoms with Crippen LogP contribution in [0, 0.1) is 0 Å². The van der Waals surface area contributed by atoms with Crippen molar-refractivity contribution in [1.29, 1.82) is 0 Å². The Morgan fingerprint density at radius 3 is 2.20 bits per heavy atom. The molecule has 0 aliphatic rings. The quantitative estimate of drug-likeness (QED) is 0.573. The molecule has 0 saturated heterocycles. The fourth-order valence-electron chi connectivity index (χ4n) is 0.931. The van der Waals surface area contributed by atoms with Crippen molar-refractivity contribution in [2.45, 2.75) is 6.36 Å². The van der Waals surface area contributed by atoms with Gasteiger partial charge in [-0.2, -0.15) is 0 Å². The van der Waals surface area contributed by atoms with E-state index in [2.05, 4.69) is 4.74 Å². The fourth-order valence-corrected chi connectivity index (χ4v) is 0.931. The van der Waals surface area contributed by atoms with E-state index in [1.807, 2.05) is 0 Å². The van der Waals surface area contributed by atoms with Gasteiger partial charge in [-0.25, -0.2) is 0 Å². The maximum absolute atomic E-state index is 11.8. The van der Waals surface area contributed by atoms with Crippen molar-refractivity contribution in [1.82, 2.24) is 0 Å². The van der Waals surface area contributed by atoms with E-state index >= 15 is 0 Å². The molecule has 1 aromatic carbocycles. The zero-order valence-electron chi connectivity index (χ0n) is 7.49. The average molecular weight is 216 g/mol. The van der Waals surface area contributed by atoms with Gasteiger partial charge in [0.25, 0.3) is 0 Å². The molecule has 0 aliphatic carbocycles. The molecule has 0 radical (unpaired) electrons. The summed E-state index contributed by atoms with van der Waals surface area (Å²) >= 11 is 0. The number of aldehydes is 1. The highest BCUT2D eigenvalue weighted by Gasteiger charge is 2.30. The molecule has 0 aromatic heterocycles. The summed E-state index contributed by atoms with van der Waals surface area (Å²) in [5.41, 5.74) is 0.622. The highest BCUT2D eigenvalue weighted by molar-refractivity contribution is 5.73. The number of allylic oxidation sites excluding steroid dienone is 1. The van der Waals surface area contributed by atoms with Crippen LogP contribution in [0.3, 0.4) is 0 Å². The molecule has 0 saturated carbocycles. The van der Waals surface area contributed by atoms with Crippen molar-refractivity contribution in [3.8, 4) is 5.75 Å². The molecule has 5 heteroatoms. The zero-order valence-corrected chi connectivity index (χ0v) is 7.49. The van der Waals surface area contributed by atoms with E-state index in [9.17, 15) is 18.0 Å². The molecule has 0 unspecified atom stereocenters. The van der Waals surface area contributed by atoms with Crippen molar-refractivity contribution in [2.24, 2.45) is 0 Å². The highest BCUT2D eigenvalue weighted by Crippen LogP contribution is 2.22.